The van der Waals surface area contributed by atoms with E-state index in [9.17, 15) is 9.59 Å². The molecule has 0 saturated heterocycles. The fraction of sp³-hybridized carbons (Fsp3) is 0.121. The predicted octanol–water partition coefficient (Wildman–Crippen LogP) is 5.95. The summed E-state index contributed by atoms with van der Waals surface area (Å²) in [5, 5.41) is 0. The molecule has 2 heterocycles. The number of fused-ring (bicyclic) bond motifs is 1. The van der Waals surface area contributed by atoms with Gasteiger partial charge in [-0.25, -0.2) is 4.98 Å². The summed E-state index contributed by atoms with van der Waals surface area (Å²) in [6.45, 7) is 0.362. The Balaban J connectivity index is 1.32. The van der Waals surface area contributed by atoms with E-state index >= 15 is 0 Å². The van der Waals surface area contributed by atoms with Crippen LogP contribution in [0, 0.1) is 0 Å². The van der Waals surface area contributed by atoms with Crippen molar-refractivity contribution in [1.82, 2.24) is 14.5 Å². The Labute approximate surface area is 222 Å². The molecule has 1 aliphatic rings. The zero-order valence-corrected chi connectivity index (χ0v) is 20.9. The summed E-state index contributed by atoms with van der Waals surface area (Å²) < 4.78 is 2.18. The molecule has 0 N–H and O–H groups in total. The Kier molecular flexibility index (Phi) is 6.18. The number of nitrogens with zero attached hydrogens (tertiary/aromatic N) is 3. The van der Waals surface area contributed by atoms with E-state index in [1.54, 1.807) is 24.3 Å². The van der Waals surface area contributed by atoms with Crippen molar-refractivity contribution in [2.24, 2.45) is 0 Å². The molecule has 5 aromatic rings. The topological polar surface area (TPSA) is 55.2 Å². The second-order valence-electron chi connectivity index (χ2n) is 9.49. The SMILES string of the molecule is O=C1c2ccccc2C(=O)N1CCCc1cn(C(c2ccccc2)(c2ccccc2)c2ccccc2)cn1. The average Bonchev–Trinajstić information content (AvgIpc) is 3.54. The number of carbonyl (C=O) groups excluding carboxylic acids is 2. The molecule has 1 aliphatic heterocycles. The highest BCUT2D eigenvalue weighted by atomic mass is 16.2. The van der Waals surface area contributed by atoms with Gasteiger partial charge in [-0.05, 0) is 41.7 Å². The minimum absolute atomic E-state index is 0.215. The van der Waals surface area contributed by atoms with Crippen LogP contribution in [-0.2, 0) is 12.0 Å². The monoisotopic (exact) mass is 497 g/mol. The Hall–Kier alpha value is -4.77. The van der Waals surface area contributed by atoms with Gasteiger partial charge in [-0.2, -0.15) is 0 Å². The van der Waals surface area contributed by atoms with Crippen molar-refractivity contribution in [2.45, 2.75) is 18.4 Å². The van der Waals surface area contributed by atoms with Crippen LogP contribution in [0.15, 0.2) is 128 Å². The van der Waals surface area contributed by atoms with Crippen LogP contribution in [0.4, 0.5) is 0 Å². The standard InChI is InChI=1S/C33H27N3O2/c37-31-29-20-10-11-21-30(29)32(38)36(31)22-12-19-28-23-35(24-34-28)33(25-13-4-1-5-14-25,26-15-6-2-7-16-26)27-17-8-3-9-18-27/h1-11,13-18,20-21,23-24H,12,19,22H2. The highest BCUT2D eigenvalue weighted by molar-refractivity contribution is 6.21. The third kappa shape index (κ3) is 3.93. The number of aryl methyl sites for hydroxylation is 1. The molecule has 1 aromatic heterocycles. The first-order valence-corrected chi connectivity index (χ1v) is 12.8. The predicted molar refractivity (Wildman–Crippen MR) is 147 cm³/mol. The van der Waals surface area contributed by atoms with Gasteiger partial charge in [-0.3, -0.25) is 14.5 Å². The van der Waals surface area contributed by atoms with Crippen LogP contribution < -0.4 is 0 Å². The molecule has 4 aromatic carbocycles. The van der Waals surface area contributed by atoms with Crippen LogP contribution in [0.1, 0.15) is 49.5 Å². The van der Waals surface area contributed by atoms with E-state index < -0.39 is 5.54 Å². The minimum atomic E-state index is -0.614. The van der Waals surface area contributed by atoms with Crippen LogP contribution >= 0.6 is 0 Å². The number of benzene rings is 4. The molecule has 38 heavy (non-hydrogen) atoms. The number of imidazole rings is 1. The maximum Gasteiger partial charge on any atom is 0.261 e. The van der Waals surface area contributed by atoms with Crippen molar-refractivity contribution in [2.75, 3.05) is 6.54 Å². The molecule has 0 fully saturated rings. The summed E-state index contributed by atoms with van der Waals surface area (Å²) in [5.41, 5.74) is 4.67. The first kappa shape index (κ1) is 23.6. The molecule has 0 radical (unpaired) electrons. The zero-order chi connectivity index (χ0) is 26.0. The fourth-order valence-electron chi connectivity index (χ4n) is 5.52. The Morgan fingerprint density at radius 3 is 1.53 bits per heavy atom. The molecule has 5 nitrogen and oxygen atoms in total. The summed E-state index contributed by atoms with van der Waals surface area (Å²) in [5.74, 6) is -0.431. The van der Waals surface area contributed by atoms with Gasteiger partial charge in [-0.15, -0.1) is 0 Å². The van der Waals surface area contributed by atoms with Gasteiger partial charge < -0.3 is 4.57 Å². The van der Waals surface area contributed by atoms with Crippen LogP contribution in [0.2, 0.25) is 0 Å². The van der Waals surface area contributed by atoms with Gasteiger partial charge in [0.15, 0.2) is 0 Å². The molecule has 0 bridgehead atoms. The van der Waals surface area contributed by atoms with Crippen molar-refractivity contribution in [3.05, 3.63) is 161 Å². The Bertz CT molecular complexity index is 1450. The number of carbonyl (C=O) groups is 2. The third-order valence-electron chi connectivity index (χ3n) is 7.29. The second kappa shape index (κ2) is 9.94. The largest absolute Gasteiger partial charge is 0.319 e. The van der Waals surface area contributed by atoms with Gasteiger partial charge in [0.1, 0.15) is 5.54 Å². The van der Waals surface area contributed by atoms with E-state index in [2.05, 4.69) is 83.6 Å². The van der Waals surface area contributed by atoms with E-state index in [0.717, 1.165) is 22.4 Å². The minimum Gasteiger partial charge on any atom is -0.319 e. The maximum absolute atomic E-state index is 12.7. The molecule has 0 spiro atoms. The van der Waals surface area contributed by atoms with Gasteiger partial charge in [-0.1, -0.05) is 103 Å². The number of rotatable bonds is 8. The highest BCUT2D eigenvalue weighted by Crippen LogP contribution is 2.40. The molecule has 0 atom stereocenters. The lowest BCUT2D eigenvalue weighted by molar-refractivity contribution is 0.0652. The first-order valence-electron chi connectivity index (χ1n) is 12.8. The van der Waals surface area contributed by atoms with E-state index in [1.165, 1.54) is 4.90 Å². The normalized spacial score (nSPS) is 13.1. The van der Waals surface area contributed by atoms with E-state index in [-0.39, 0.29) is 11.8 Å². The van der Waals surface area contributed by atoms with Gasteiger partial charge in [0.05, 0.1) is 23.1 Å². The summed E-state index contributed by atoms with van der Waals surface area (Å²) in [4.78, 5) is 31.6. The first-order chi connectivity index (χ1) is 18.7. The smallest absolute Gasteiger partial charge is 0.261 e. The van der Waals surface area contributed by atoms with E-state index in [4.69, 9.17) is 4.98 Å². The highest BCUT2D eigenvalue weighted by Gasteiger charge is 2.38. The second-order valence-corrected chi connectivity index (χ2v) is 9.49. The maximum atomic E-state index is 12.7. The van der Waals surface area contributed by atoms with E-state index in [0.29, 0.717) is 30.5 Å². The lowest BCUT2D eigenvalue weighted by Crippen LogP contribution is -2.36. The quantitative estimate of drug-likeness (QED) is 0.197. The fourth-order valence-corrected chi connectivity index (χ4v) is 5.52. The number of aromatic nitrogens is 2. The number of amides is 2. The zero-order valence-electron chi connectivity index (χ0n) is 20.9. The molecular formula is C33H27N3O2. The van der Waals surface area contributed by atoms with Crippen LogP contribution in [0.3, 0.4) is 0 Å². The Morgan fingerprint density at radius 2 is 1.05 bits per heavy atom. The summed E-state index contributed by atoms with van der Waals surface area (Å²) in [6.07, 6.45) is 5.27. The molecule has 6 rings (SSSR count). The third-order valence-corrected chi connectivity index (χ3v) is 7.29. The van der Waals surface area contributed by atoms with Crippen molar-refractivity contribution in [3.8, 4) is 0 Å². The molecule has 0 unspecified atom stereocenters. The lowest BCUT2D eigenvalue weighted by atomic mass is 9.77. The molecule has 5 heteroatoms. The van der Waals surface area contributed by atoms with E-state index in [1.807, 2.05) is 24.5 Å². The van der Waals surface area contributed by atoms with Crippen LogP contribution in [-0.4, -0.2) is 32.8 Å². The summed E-state index contributed by atoms with van der Waals surface area (Å²) in [7, 11) is 0. The number of hydrogen-bond donors (Lipinski definition) is 0. The van der Waals surface area contributed by atoms with Gasteiger partial charge in [0.25, 0.3) is 11.8 Å². The van der Waals surface area contributed by atoms with Crippen LogP contribution in [0.5, 0.6) is 0 Å². The summed E-state index contributed by atoms with van der Waals surface area (Å²) >= 11 is 0. The van der Waals surface area contributed by atoms with Crippen molar-refractivity contribution in [3.63, 3.8) is 0 Å². The molecule has 2 amide bonds. The molecule has 0 aliphatic carbocycles. The lowest BCUT2D eigenvalue weighted by Gasteiger charge is -2.37. The average molecular weight is 498 g/mol. The molecule has 186 valence electrons. The van der Waals surface area contributed by atoms with Crippen molar-refractivity contribution in [1.29, 1.82) is 0 Å². The number of imide groups is 1. The van der Waals surface area contributed by atoms with Crippen molar-refractivity contribution >= 4 is 11.8 Å². The van der Waals surface area contributed by atoms with Crippen LogP contribution in [0.25, 0.3) is 0 Å². The molecular weight excluding hydrogens is 470 g/mol. The van der Waals surface area contributed by atoms with Gasteiger partial charge in [0, 0.05) is 12.7 Å². The summed E-state index contributed by atoms with van der Waals surface area (Å²) in [6, 6.07) is 38.4. The van der Waals surface area contributed by atoms with Gasteiger partial charge in [0.2, 0.25) is 0 Å². The van der Waals surface area contributed by atoms with Crippen molar-refractivity contribution < 1.29 is 9.59 Å². The van der Waals surface area contributed by atoms with Gasteiger partial charge >= 0.3 is 0 Å². The number of hydrogen-bond acceptors (Lipinski definition) is 3. The molecule has 0 saturated carbocycles. The Morgan fingerprint density at radius 1 is 0.605 bits per heavy atom.